The number of halogens is 2. The zero-order valence-corrected chi connectivity index (χ0v) is 17.3. The highest BCUT2D eigenvalue weighted by Crippen LogP contribution is 2.41. The second-order valence-corrected chi connectivity index (χ2v) is 8.16. The van der Waals surface area contributed by atoms with Gasteiger partial charge in [0.15, 0.2) is 0 Å². The summed E-state index contributed by atoms with van der Waals surface area (Å²) in [6, 6.07) is -1.84. The van der Waals surface area contributed by atoms with Crippen LogP contribution >= 0.6 is 0 Å². The molecule has 0 saturated carbocycles. The Bertz CT molecular complexity index is 705. The summed E-state index contributed by atoms with van der Waals surface area (Å²) in [5, 5.41) is 2.45. The van der Waals surface area contributed by atoms with Gasteiger partial charge in [-0.05, 0) is 11.8 Å². The number of amides is 2. The third kappa shape index (κ3) is 4.80. The molecule has 158 valence electrons. The number of aromatic amines is 1. The van der Waals surface area contributed by atoms with E-state index in [9.17, 15) is 18.4 Å². The number of hydrogen-bond acceptors (Lipinski definition) is 4. The minimum atomic E-state index is -3.02. The number of nitrogens with one attached hydrogen (secondary N) is 2. The lowest BCUT2D eigenvalue weighted by Gasteiger charge is -2.29. The van der Waals surface area contributed by atoms with E-state index in [-0.39, 0.29) is 11.8 Å². The molecular formula is C19H30F2N4O3. The maximum atomic E-state index is 14.2. The molecule has 1 aliphatic rings. The summed E-state index contributed by atoms with van der Waals surface area (Å²) in [4.78, 5) is 33.2. The molecule has 0 radical (unpaired) electrons. The van der Waals surface area contributed by atoms with Crippen LogP contribution in [0.1, 0.15) is 64.5 Å². The van der Waals surface area contributed by atoms with Crippen molar-refractivity contribution >= 4 is 12.0 Å². The van der Waals surface area contributed by atoms with Crippen LogP contribution in [0.4, 0.5) is 13.6 Å². The van der Waals surface area contributed by atoms with Crippen molar-refractivity contribution in [2.24, 2.45) is 11.8 Å². The molecule has 0 bridgehead atoms. The first-order valence-electron chi connectivity index (χ1n) is 9.54. The molecule has 1 aromatic rings. The van der Waals surface area contributed by atoms with Gasteiger partial charge in [-0.25, -0.2) is 18.6 Å². The van der Waals surface area contributed by atoms with E-state index in [1.165, 1.54) is 7.11 Å². The fourth-order valence-electron chi connectivity index (χ4n) is 3.28. The second kappa shape index (κ2) is 8.45. The van der Waals surface area contributed by atoms with Gasteiger partial charge in [0.05, 0.1) is 19.7 Å². The molecule has 2 heterocycles. The van der Waals surface area contributed by atoms with E-state index >= 15 is 0 Å². The van der Waals surface area contributed by atoms with Gasteiger partial charge >= 0.3 is 6.09 Å². The van der Waals surface area contributed by atoms with Crippen molar-refractivity contribution < 1.29 is 23.1 Å². The molecule has 2 amide bonds. The third-order valence-electron chi connectivity index (χ3n) is 5.37. The maximum Gasteiger partial charge on any atom is 0.407 e. The summed E-state index contributed by atoms with van der Waals surface area (Å²) >= 11 is 0. The van der Waals surface area contributed by atoms with Gasteiger partial charge in [-0.1, -0.05) is 34.6 Å². The number of carbonyl (C=O) groups is 2. The Kier molecular flexibility index (Phi) is 6.67. The Hall–Kier alpha value is -2.19. The minimum Gasteiger partial charge on any atom is -0.453 e. The average Bonchev–Trinajstić information content (AvgIpc) is 3.21. The van der Waals surface area contributed by atoms with E-state index < -0.39 is 43.0 Å². The molecular weight excluding hydrogens is 370 g/mol. The number of rotatable bonds is 6. The van der Waals surface area contributed by atoms with Crippen LogP contribution in [-0.4, -0.2) is 52.5 Å². The number of ether oxygens (including phenoxy) is 1. The number of methoxy groups -OCH3 is 1. The van der Waals surface area contributed by atoms with Crippen molar-refractivity contribution in [1.82, 2.24) is 20.2 Å². The zero-order valence-electron chi connectivity index (χ0n) is 17.3. The Morgan fingerprint density at radius 3 is 2.46 bits per heavy atom. The molecule has 1 fully saturated rings. The number of alkyl carbamates (subject to hydrolysis) is 1. The normalized spacial score (nSPS) is 21.1. The highest BCUT2D eigenvalue weighted by atomic mass is 19.3. The number of nitrogens with zero attached hydrogens (tertiary/aromatic N) is 2. The Balaban J connectivity index is 2.30. The van der Waals surface area contributed by atoms with Gasteiger partial charge in [-0.15, -0.1) is 0 Å². The molecule has 0 aromatic carbocycles. The fourth-order valence-corrected chi connectivity index (χ4v) is 3.28. The first-order valence-corrected chi connectivity index (χ1v) is 9.54. The molecule has 0 unspecified atom stereocenters. The number of H-pyrrole nitrogens is 1. The largest absolute Gasteiger partial charge is 0.453 e. The summed E-state index contributed by atoms with van der Waals surface area (Å²) in [6.45, 7) is 8.92. The van der Waals surface area contributed by atoms with Gasteiger partial charge in [0, 0.05) is 24.2 Å². The van der Waals surface area contributed by atoms with Crippen LogP contribution in [0.2, 0.25) is 0 Å². The number of imidazole rings is 1. The monoisotopic (exact) mass is 400 g/mol. The van der Waals surface area contributed by atoms with Crippen molar-refractivity contribution in [3.8, 4) is 0 Å². The molecule has 0 spiro atoms. The number of alkyl halides is 2. The number of likely N-dealkylation sites (tertiary alicyclic amines) is 1. The SMILES string of the molecule is COC(=O)N[C@H](C(=O)N1CC(F)(F)C[C@H]1c1ncc([C@H](C)C(C)C)[nH]1)C(C)C. The number of hydrogen-bond donors (Lipinski definition) is 2. The van der Waals surface area contributed by atoms with E-state index in [0.717, 1.165) is 10.6 Å². The van der Waals surface area contributed by atoms with Crippen molar-refractivity contribution in [2.75, 3.05) is 13.7 Å². The lowest BCUT2D eigenvalue weighted by Crippen LogP contribution is -2.51. The van der Waals surface area contributed by atoms with Gasteiger partial charge in [0.1, 0.15) is 11.9 Å². The van der Waals surface area contributed by atoms with Crippen molar-refractivity contribution in [3.63, 3.8) is 0 Å². The quantitative estimate of drug-likeness (QED) is 0.766. The molecule has 0 aliphatic carbocycles. The van der Waals surface area contributed by atoms with Crippen LogP contribution in [0.15, 0.2) is 6.20 Å². The number of aromatic nitrogens is 2. The Morgan fingerprint density at radius 1 is 1.29 bits per heavy atom. The Morgan fingerprint density at radius 2 is 1.93 bits per heavy atom. The molecule has 1 aliphatic heterocycles. The van der Waals surface area contributed by atoms with E-state index in [2.05, 4.69) is 33.9 Å². The van der Waals surface area contributed by atoms with Gasteiger partial charge in [0.25, 0.3) is 5.92 Å². The summed E-state index contributed by atoms with van der Waals surface area (Å²) in [6.07, 6.45) is 0.358. The molecule has 2 N–H and O–H groups in total. The summed E-state index contributed by atoms with van der Waals surface area (Å²) in [5.74, 6) is -3.02. The van der Waals surface area contributed by atoms with Crippen molar-refractivity contribution in [1.29, 1.82) is 0 Å². The predicted molar refractivity (Wildman–Crippen MR) is 100 cm³/mol. The van der Waals surface area contributed by atoms with Crippen LogP contribution < -0.4 is 5.32 Å². The lowest BCUT2D eigenvalue weighted by molar-refractivity contribution is -0.136. The zero-order chi connectivity index (χ0) is 21.2. The summed E-state index contributed by atoms with van der Waals surface area (Å²) in [5.41, 5.74) is 0.848. The molecule has 2 rings (SSSR count). The van der Waals surface area contributed by atoms with Crippen LogP contribution in [-0.2, 0) is 9.53 Å². The average molecular weight is 400 g/mol. The van der Waals surface area contributed by atoms with Gasteiger partial charge in [-0.3, -0.25) is 4.79 Å². The van der Waals surface area contributed by atoms with E-state index in [1.54, 1.807) is 20.0 Å². The molecule has 1 aromatic heterocycles. The smallest absolute Gasteiger partial charge is 0.407 e. The number of carbonyl (C=O) groups excluding carboxylic acids is 2. The van der Waals surface area contributed by atoms with Crippen LogP contribution in [0.25, 0.3) is 0 Å². The highest BCUT2D eigenvalue weighted by Gasteiger charge is 2.50. The van der Waals surface area contributed by atoms with Crippen molar-refractivity contribution in [2.45, 2.75) is 65.0 Å². The second-order valence-electron chi connectivity index (χ2n) is 8.16. The predicted octanol–water partition coefficient (Wildman–Crippen LogP) is 3.46. The van der Waals surface area contributed by atoms with Crippen LogP contribution in [0.3, 0.4) is 0 Å². The first-order chi connectivity index (χ1) is 13.0. The van der Waals surface area contributed by atoms with Crippen LogP contribution in [0, 0.1) is 11.8 Å². The van der Waals surface area contributed by atoms with Gasteiger partial charge in [-0.2, -0.15) is 0 Å². The van der Waals surface area contributed by atoms with E-state index in [4.69, 9.17) is 0 Å². The van der Waals surface area contributed by atoms with Gasteiger partial charge in [0.2, 0.25) is 5.91 Å². The molecule has 9 heteroatoms. The summed E-state index contributed by atoms with van der Waals surface area (Å²) in [7, 11) is 1.18. The third-order valence-corrected chi connectivity index (χ3v) is 5.37. The highest BCUT2D eigenvalue weighted by molar-refractivity contribution is 5.86. The van der Waals surface area contributed by atoms with Crippen molar-refractivity contribution in [3.05, 3.63) is 17.7 Å². The van der Waals surface area contributed by atoms with Gasteiger partial charge < -0.3 is 19.9 Å². The Labute approximate surface area is 164 Å². The fraction of sp³-hybridized carbons (Fsp3) is 0.737. The first kappa shape index (κ1) is 22.1. The van der Waals surface area contributed by atoms with E-state index in [1.807, 2.05) is 6.92 Å². The standard InChI is InChI=1S/C19H30F2N4O3/c1-10(2)12(5)13-8-22-16(23-13)14-7-19(20,21)9-25(14)17(26)15(11(3)4)24-18(27)28-6/h8,10-12,14-15H,7,9H2,1-6H3,(H,22,23)(H,24,27)/t12-,14+,15+/m1/s1. The molecule has 7 nitrogen and oxygen atoms in total. The lowest BCUT2D eigenvalue weighted by atomic mass is 9.95. The maximum absolute atomic E-state index is 14.2. The molecule has 1 saturated heterocycles. The minimum absolute atomic E-state index is 0.178. The topological polar surface area (TPSA) is 87.3 Å². The van der Waals surface area contributed by atoms with Crippen LogP contribution in [0.5, 0.6) is 0 Å². The molecule has 28 heavy (non-hydrogen) atoms. The molecule has 3 atom stereocenters. The van der Waals surface area contributed by atoms with E-state index in [0.29, 0.717) is 11.7 Å². The summed E-state index contributed by atoms with van der Waals surface area (Å²) < 4.78 is 33.0.